The zero-order chi connectivity index (χ0) is 10.1. The molecule has 0 aliphatic heterocycles. The van der Waals surface area contributed by atoms with Crippen molar-refractivity contribution in [2.45, 2.75) is 6.54 Å². The predicted molar refractivity (Wildman–Crippen MR) is 55.4 cm³/mol. The number of aromatic nitrogens is 1. The molecule has 3 N–H and O–H groups in total. The molecule has 0 bridgehead atoms. The molecule has 2 aromatic heterocycles. The quantitative estimate of drug-likeness (QED) is 0.737. The molecule has 0 amide bonds. The highest BCUT2D eigenvalue weighted by Gasteiger charge is 2.11. The van der Waals surface area contributed by atoms with E-state index in [1.807, 2.05) is 6.07 Å². The van der Waals surface area contributed by atoms with E-state index in [4.69, 9.17) is 5.73 Å². The Kier molecular flexibility index (Phi) is 2.26. The number of rotatable bonds is 2. The Morgan fingerprint density at radius 2 is 2.43 bits per heavy atom. The van der Waals surface area contributed by atoms with Crippen LogP contribution >= 0.6 is 11.3 Å². The number of carbonyl (C=O) groups excluding carboxylic acids is 1. The van der Waals surface area contributed by atoms with Crippen LogP contribution in [0.5, 0.6) is 0 Å². The van der Waals surface area contributed by atoms with E-state index in [1.165, 1.54) is 7.11 Å². The van der Waals surface area contributed by atoms with Crippen LogP contribution in [0.15, 0.2) is 12.1 Å². The molecule has 2 aromatic rings. The first kappa shape index (κ1) is 9.23. The van der Waals surface area contributed by atoms with Gasteiger partial charge in [-0.25, -0.2) is 4.79 Å². The van der Waals surface area contributed by atoms with Gasteiger partial charge < -0.3 is 15.5 Å². The third kappa shape index (κ3) is 1.40. The van der Waals surface area contributed by atoms with Gasteiger partial charge in [0.05, 0.1) is 17.3 Å². The van der Waals surface area contributed by atoms with E-state index < -0.39 is 0 Å². The minimum absolute atomic E-state index is 0.345. The van der Waals surface area contributed by atoms with E-state index in [1.54, 1.807) is 17.4 Å². The number of nitrogens with one attached hydrogen (secondary N) is 1. The standard InChI is InChI=1S/C9H10N2O2S/c1-13-9(12)7-3-8-6(11-7)2-5(4-10)14-8/h2-3,11H,4,10H2,1H3. The van der Waals surface area contributed by atoms with Gasteiger partial charge in [0.1, 0.15) is 5.69 Å². The van der Waals surface area contributed by atoms with Gasteiger partial charge in [-0.05, 0) is 12.1 Å². The monoisotopic (exact) mass is 210 g/mol. The van der Waals surface area contributed by atoms with Crippen LogP contribution in [0.4, 0.5) is 0 Å². The molecule has 0 spiro atoms. The summed E-state index contributed by atoms with van der Waals surface area (Å²) in [5.74, 6) is -0.345. The first-order valence-corrected chi connectivity index (χ1v) is 4.96. The largest absolute Gasteiger partial charge is 0.464 e. The van der Waals surface area contributed by atoms with Crippen LogP contribution in [0, 0.1) is 0 Å². The first-order chi connectivity index (χ1) is 6.74. The van der Waals surface area contributed by atoms with Crippen molar-refractivity contribution >= 4 is 27.5 Å². The Balaban J connectivity index is 2.44. The number of aromatic amines is 1. The summed E-state index contributed by atoms with van der Waals surface area (Å²) in [5.41, 5.74) is 6.93. The third-order valence-corrected chi connectivity index (χ3v) is 3.07. The van der Waals surface area contributed by atoms with E-state index in [9.17, 15) is 4.79 Å². The zero-order valence-electron chi connectivity index (χ0n) is 7.66. The third-order valence-electron chi connectivity index (χ3n) is 1.96. The van der Waals surface area contributed by atoms with Crippen molar-refractivity contribution in [2.24, 2.45) is 5.73 Å². The molecule has 2 rings (SSSR count). The molecule has 0 fully saturated rings. The number of nitrogens with two attached hydrogens (primary N) is 1. The fraction of sp³-hybridized carbons (Fsp3) is 0.222. The second-order valence-corrected chi connectivity index (χ2v) is 4.04. The van der Waals surface area contributed by atoms with Crippen molar-refractivity contribution in [2.75, 3.05) is 7.11 Å². The molecule has 0 saturated heterocycles. The van der Waals surface area contributed by atoms with E-state index in [-0.39, 0.29) is 5.97 Å². The Bertz CT molecular complexity index is 441. The number of hydrogen-bond donors (Lipinski definition) is 2. The molecule has 0 aliphatic carbocycles. The molecule has 2 heterocycles. The number of H-pyrrole nitrogens is 1. The van der Waals surface area contributed by atoms with Crippen LogP contribution in [0.1, 0.15) is 15.4 Å². The van der Waals surface area contributed by atoms with Gasteiger partial charge in [-0.2, -0.15) is 0 Å². The van der Waals surface area contributed by atoms with Crippen molar-refractivity contribution in [3.63, 3.8) is 0 Å². The number of hydrogen-bond acceptors (Lipinski definition) is 4. The van der Waals surface area contributed by atoms with Crippen molar-refractivity contribution in [3.05, 3.63) is 22.7 Å². The average molecular weight is 210 g/mol. The molecule has 0 unspecified atom stereocenters. The highest BCUT2D eigenvalue weighted by Crippen LogP contribution is 2.26. The number of esters is 1. The molecule has 0 aliphatic rings. The Hall–Kier alpha value is -1.33. The van der Waals surface area contributed by atoms with Gasteiger partial charge in [0, 0.05) is 11.4 Å². The molecule has 74 valence electrons. The summed E-state index contributed by atoms with van der Waals surface area (Å²) in [7, 11) is 1.36. The zero-order valence-corrected chi connectivity index (χ0v) is 8.48. The fourth-order valence-electron chi connectivity index (χ4n) is 1.30. The van der Waals surface area contributed by atoms with Crippen molar-refractivity contribution in [1.82, 2.24) is 4.98 Å². The van der Waals surface area contributed by atoms with E-state index in [0.29, 0.717) is 12.2 Å². The Morgan fingerprint density at radius 3 is 3.00 bits per heavy atom. The van der Waals surface area contributed by atoms with E-state index in [2.05, 4.69) is 9.72 Å². The number of methoxy groups -OCH3 is 1. The Morgan fingerprint density at radius 1 is 1.64 bits per heavy atom. The highest BCUT2D eigenvalue weighted by molar-refractivity contribution is 7.19. The summed E-state index contributed by atoms with van der Waals surface area (Å²) in [6.45, 7) is 0.529. The first-order valence-electron chi connectivity index (χ1n) is 4.14. The smallest absolute Gasteiger partial charge is 0.354 e. The van der Waals surface area contributed by atoms with Gasteiger partial charge in [-0.3, -0.25) is 0 Å². The van der Waals surface area contributed by atoms with Crippen molar-refractivity contribution in [1.29, 1.82) is 0 Å². The lowest BCUT2D eigenvalue weighted by Crippen LogP contribution is -2.00. The van der Waals surface area contributed by atoms with E-state index >= 15 is 0 Å². The second kappa shape index (κ2) is 3.43. The van der Waals surface area contributed by atoms with Crippen LogP contribution in [0.2, 0.25) is 0 Å². The summed E-state index contributed by atoms with van der Waals surface area (Å²) >= 11 is 1.58. The summed E-state index contributed by atoms with van der Waals surface area (Å²) in [4.78, 5) is 15.2. The molecule has 14 heavy (non-hydrogen) atoms. The summed E-state index contributed by atoms with van der Waals surface area (Å²) in [6, 6.07) is 3.73. The van der Waals surface area contributed by atoms with Gasteiger partial charge in [-0.1, -0.05) is 0 Å². The molecule has 0 atom stereocenters. The number of carbonyl (C=O) groups is 1. The van der Waals surface area contributed by atoms with Gasteiger partial charge in [0.15, 0.2) is 0 Å². The summed E-state index contributed by atoms with van der Waals surface area (Å²) in [6.07, 6.45) is 0. The van der Waals surface area contributed by atoms with Gasteiger partial charge in [-0.15, -0.1) is 11.3 Å². The molecular weight excluding hydrogens is 200 g/mol. The Labute approximate surface area is 84.7 Å². The van der Waals surface area contributed by atoms with Crippen LogP contribution in [-0.2, 0) is 11.3 Å². The maximum atomic E-state index is 11.2. The molecular formula is C9H10N2O2S. The maximum Gasteiger partial charge on any atom is 0.354 e. The van der Waals surface area contributed by atoms with E-state index in [0.717, 1.165) is 15.1 Å². The van der Waals surface area contributed by atoms with Crippen LogP contribution in [-0.4, -0.2) is 18.1 Å². The number of ether oxygens (including phenoxy) is 1. The molecule has 5 heteroatoms. The predicted octanol–water partition coefficient (Wildman–Crippen LogP) is 1.47. The van der Waals surface area contributed by atoms with Gasteiger partial charge in [0.2, 0.25) is 0 Å². The van der Waals surface area contributed by atoms with Crippen molar-refractivity contribution in [3.8, 4) is 0 Å². The highest BCUT2D eigenvalue weighted by atomic mass is 32.1. The number of fused-ring (bicyclic) bond motifs is 1. The van der Waals surface area contributed by atoms with Crippen molar-refractivity contribution < 1.29 is 9.53 Å². The van der Waals surface area contributed by atoms with Crippen LogP contribution in [0.3, 0.4) is 0 Å². The fourth-order valence-corrected chi connectivity index (χ4v) is 2.23. The minimum Gasteiger partial charge on any atom is -0.464 e. The minimum atomic E-state index is -0.345. The normalized spacial score (nSPS) is 10.7. The SMILES string of the molecule is COC(=O)c1cc2sc(CN)cc2[nH]1. The lowest BCUT2D eigenvalue weighted by molar-refractivity contribution is 0.0595. The number of thiophene rings is 1. The lowest BCUT2D eigenvalue weighted by Gasteiger charge is -1.92. The summed E-state index contributed by atoms with van der Waals surface area (Å²) in [5, 5.41) is 0. The van der Waals surface area contributed by atoms with Crippen LogP contribution < -0.4 is 5.73 Å². The van der Waals surface area contributed by atoms with Crippen LogP contribution in [0.25, 0.3) is 10.2 Å². The molecule has 4 nitrogen and oxygen atoms in total. The maximum absolute atomic E-state index is 11.2. The second-order valence-electron chi connectivity index (χ2n) is 2.87. The molecule has 0 aromatic carbocycles. The lowest BCUT2D eigenvalue weighted by atomic mass is 10.4. The topological polar surface area (TPSA) is 68.1 Å². The van der Waals surface area contributed by atoms with Gasteiger partial charge in [0.25, 0.3) is 0 Å². The molecule has 0 radical (unpaired) electrons. The summed E-state index contributed by atoms with van der Waals surface area (Å²) < 4.78 is 5.63. The molecule has 0 saturated carbocycles. The van der Waals surface area contributed by atoms with Gasteiger partial charge >= 0.3 is 5.97 Å². The average Bonchev–Trinajstić information content (AvgIpc) is 2.72.